The smallest absolute Gasteiger partial charge is 0.00430 e. The molecule has 1 heteroatoms. The zero-order valence-electron chi connectivity index (χ0n) is 10.9. The number of nitrogens with two attached hydrogens (primary N) is 1. The molecule has 16 heavy (non-hydrogen) atoms. The Kier molecular flexibility index (Phi) is 5.54. The highest BCUT2D eigenvalue weighted by atomic mass is 14.6. The molecular formula is C15H25N. The molecule has 0 aliphatic rings. The predicted molar refractivity (Wildman–Crippen MR) is 71.5 cm³/mol. The van der Waals surface area contributed by atoms with Crippen LogP contribution in [0.2, 0.25) is 0 Å². The molecule has 0 amide bonds. The first-order valence-corrected chi connectivity index (χ1v) is 6.46. The molecule has 0 saturated heterocycles. The third-order valence-electron chi connectivity index (χ3n) is 3.60. The summed E-state index contributed by atoms with van der Waals surface area (Å²) in [5.41, 5.74) is 8.69. The fourth-order valence-electron chi connectivity index (χ4n) is 2.54. The Labute approximate surface area is 100 Å². The first kappa shape index (κ1) is 13.2. The molecule has 1 aromatic rings. The number of hydrogen-bond donors (Lipinski definition) is 1. The van der Waals surface area contributed by atoms with E-state index in [4.69, 9.17) is 5.73 Å². The molecule has 90 valence electrons. The highest BCUT2D eigenvalue weighted by molar-refractivity contribution is 5.22. The maximum atomic E-state index is 5.91. The largest absolute Gasteiger partial charge is 0.330 e. The summed E-state index contributed by atoms with van der Waals surface area (Å²) in [6.45, 7) is 7.50. The van der Waals surface area contributed by atoms with Crippen LogP contribution in [0.25, 0.3) is 0 Å². The van der Waals surface area contributed by atoms with Gasteiger partial charge in [0.1, 0.15) is 0 Å². The summed E-state index contributed by atoms with van der Waals surface area (Å²) in [5, 5.41) is 0. The molecule has 0 aliphatic carbocycles. The number of hydrogen-bond acceptors (Lipinski definition) is 1. The van der Waals surface area contributed by atoms with Gasteiger partial charge in [-0.3, -0.25) is 0 Å². The van der Waals surface area contributed by atoms with Gasteiger partial charge in [-0.25, -0.2) is 0 Å². The van der Waals surface area contributed by atoms with Crippen molar-refractivity contribution in [1.82, 2.24) is 0 Å². The van der Waals surface area contributed by atoms with Gasteiger partial charge in [0.15, 0.2) is 0 Å². The van der Waals surface area contributed by atoms with Gasteiger partial charge in [-0.1, -0.05) is 56.5 Å². The zero-order valence-corrected chi connectivity index (χ0v) is 10.9. The molecule has 0 saturated carbocycles. The first-order chi connectivity index (χ1) is 7.71. The maximum Gasteiger partial charge on any atom is -0.00430 e. The molecule has 1 unspecified atom stereocenters. The molecule has 0 heterocycles. The van der Waals surface area contributed by atoms with E-state index in [1.807, 2.05) is 0 Å². The lowest BCUT2D eigenvalue weighted by molar-refractivity contribution is 0.318. The van der Waals surface area contributed by atoms with Crippen LogP contribution >= 0.6 is 0 Å². The van der Waals surface area contributed by atoms with Crippen molar-refractivity contribution in [3.05, 3.63) is 35.4 Å². The molecule has 1 atom stereocenters. The van der Waals surface area contributed by atoms with Gasteiger partial charge in [0.25, 0.3) is 0 Å². The van der Waals surface area contributed by atoms with E-state index in [0.717, 1.165) is 18.9 Å². The van der Waals surface area contributed by atoms with Crippen molar-refractivity contribution in [1.29, 1.82) is 0 Å². The van der Waals surface area contributed by atoms with Crippen molar-refractivity contribution < 1.29 is 0 Å². The average Bonchev–Trinajstić information content (AvgIpc) is 2.29. The van der Waals surface area contributed by atoms with Gasteiger partial charge in [-0.05, 0) is 37.3 Å². The third-order valence-corrected chi connectivity index (χ3v) is 3.60. The van der Waals surface area contributed by atoms with Gasteiger partial charge in [-0.2, -0.15) is 0 Å². The summed E-state index contributed by atoms with van der Waals surface area (Å²) < 4.78 is 0. The molecule has 0 fully saturated rings. The summed E-state index contributed by atoms with van der Waals surface area (Å²) in [4.78, 5) is 0. The lowest BCUT2D eigenvalue weighted by Crippen LogP contribution is -2.25. The average molecular weight is 219 g/mol. The standard InChI is InChI=1S/C15H25N/c1-4-14(5-2)15(11-16)10-13-8-6-7-12(3)9-13/h6-9,14-15H,4-5,10-11,16H2,1-3H3. The fourth-order valence-corrected chi connectivity index (χ4v) is 2.54. The summed E-state index contributed by atoms with van der Waals surface area (Å²) in [6.07, 6.45) is 3.61. The van der Waals surface area contributed by atoms with Crippen LogP contribution in [0, 0.1) is 18.8 Å². The van der Waals surface area contributed by atoms with Crippen molar-refractivity contribution in [2.24, 2.45) is 17.6 Å². The summed E-state index contributed by atoms with van der Waals surface area (Å²) >= 11 is 0. The molecule has 1 nitrogen and oxygen atoms in total. The van der Waals surface area contributed by atoms with Gasteiger partial charge < -0.3 is 5.73 Å². The lowest BCUT2D eigenvalue weighted by Gasteiger charge is -2.24. The number of benzene rings is 1. The molecule has 2 N–H and O–H groups in total. The van der Waals surface area contributed by atoms with E-state index < -0.39 is 0 Å². The minimum absolute atomic E-state index is 0.636. The molecule has 0 bridgehead atoms. The van der Waals surface area contributed by atoms with E-state index in [9.17, 15) is 0 Å². The van der Waals surface area contributed by atoms with Gasteiger partial charge in [0.2, 0.25) is 0 Å². The lowest BCUT2D eigenvalue weighted by atomic mass is 9.83. The fraction of sp³-hybridized carbons (Fsp3) is 0.600. The normalized spacial score (nSPS) is 13.1. The zero-order chi connectivity index (χ0) is 12.0. The monoisotopic (exact) mass is 219 g/mol. The van der Waals surface area contributed by atoms with Gasteiger partial charge in [0.05, 0.1) is 0 Å². The van der Waals surface area contributed by atoms with E-state index in [2.05, 4.69) is 45.0 Å². The van der Waals surface area contributed by atoms with Crippen molar-refractivity contribution >= 4 is 0 Å². The van der Waals surface area contributed by atoms with E-state index in [0.29, 0.717) is 5.92 Å². The Morgan fingerprint density at radius 2 is 1.81 bits per heavy atom. The highest BCUT2D eigenvalue weighted by Gasteiger charge is 2.17. The van der Waals surface area contributed by atoms with E-state index in [-0.39, 0.29) is 0 Å². The molecular weight excluding hydrogens is 194 g/mol. The Morgan fingerprint density at radius 1 is 1.12 bits per heavy atom. The van der Waals surface area contributed by atoms with E-state index in [1.165, 1.54) is 24.0 Å². The predicted octanol–water partition coefficient (Wildman–Crippen LogP) is 3.55. The van der Waals surface area contributed by atoms with E-state index in [1.54, 1.807) is 0 Å². The topological polar surface area (TPSA) is 26.0 Å². The van der Waals surface area contributed by atoms with Gasteiger partial charge in [-0.15, -0.1) is 0 Å². The van der Waals surface area contributed by atoms with Crippen LogP contribution in [-0.4, -0.2) is 6.54 Å². The van der Waals surface area contributed by atoms with Crippen LogP contribution in [-0.2, 0) is 6.42 Å². The Hall–Kier alpha value is -0.820. The Morgan fingerprint density at radius 3 is 2.31 bits per heavy atom. The third kappa shape index (κ3) is 3.64. The van der Waals surface area contributed by atoms with Crippen LogP contribution in [0.3, 0.4) is 0 Å². The minimum atomic E-state index is 0.636. The van der Waals surface area contributed by atoms with Crippen molar-refractivity contribution in [2.75, 3.05) is 6.54 Å². The molecule has 0 spiro atoms. The van der Waals surface area contributed by atoms with Gasteiger partial charge in [0, 0.05) is 0 Å². The van der Waals surface area contributed by atoms with Crippen molar-refractivity contribution in [3.8, 4) is 0 Å². The van der Waals surface area contributed by atoms with Gasteiger partial charge >= 0.3 is 0 Å². The second-order valence-electron chi connectivity index (χ2n) is 4.77. The quantitative estimate of drug-likeness (QED) is 0.778. The molecule has 1 aromatic carbocycles. The number of aryl methyl sites for hydroxylation is 1. The second-order valence-corrected chi connectivity index (χ2v) is 4.77. The Balaban J connectivity index is 2.69. The maximum absolute atomic E-state index is 5.91. The summed E-state index contributed by atoms with van der Waals surface area (Å²) in [5.74, 6) is 1.40. The highest BCUT2D eigenvalue weighted by Crippen LogP contribution is 2.23. The van der Waals surface area contributed by atoms with Crippen LogP contribution in [0.5, 0.6) is 0 Å². The number of rotatable bonds is 6. The summed E-state index contributed by atoms with van der Waals surface area (Å²) in [7, 11) is 0. The van der Waals surface area contributed by atoms with Crippen LogP contribution < -0.4 is 5.73 Å². The molecule has 0 aromatic heterocycles. The van der Waals surface area contributed by atoms with E-state index >= 15 is 0 Å². The Bertz CT molecular complexity index is 302. The van der Waals surface area contributed by atoms with Crippen LogP contribution in [0.4, 0.5) is 0 Å². The van der Waals surface area contributed by atoms with Crippen LogP contribution in [0.15, 0.2) is 24.3 Å². The van der Waals surface area contributed by atoms with Crippen molar-refractivity contribution in [2.45, 2.75) is 40.0 Å². The molecule has 0 aliphatic heterocycles. The molecule has 0 radical (unpaired) electrons. The van der Waals surface area contributed by atoms with Crippen LogP contribution in [0.1, 0.15) is 37.8 Å². The first-order valence-electron chi connectivity index (χ1n) is 6.46. The molecule has 1 rings (SSSR count). The minimum Gasteiger partial charge on any atom is -0.330 e. The SMILES string of the molecule is CCC(CC)C(CN)Cc1cccc(C)c1. The van der Waals surface area contributed by atoms with Crippen molar-refractivity contribution in [3.63, 3.8) is 0 Å². The second kappa shape index (κ2) is 6.70. The summed E-state index contributed by atoms with van der Waals surface area (Å²) in [6, 6.07) is 8.80.